The van der Waals surface area contributed by atoms with Crippen molar-refractivity contribution in [2.75, 3.05) is 12.3 Å². The molecule has 0 fully saturated rings. The molecule has 60 valence electrons. The lowest BCUT2D eigenvalue weighted by Gasteiger charge is -2.01. The van der Waals surface area contributed by atoms with Crippen LogP contribution in [0.25, 0.3) is 0 Å². The molecular formula is C8H11NO2. The Balaban J connectivity index is 2.86. The summed E-state index contributed by atoms with van der Waals surface area (Å²) in [6.45, 7) is 0.0867. The molecular weight excluding hydrogens is 142 g/mol. The highest BCUT2D eigenvalue weighted by Crippen LogP contribution is 2.20. The van der Waals surface area contributed by atoms with Gasteiger partial charge in [-0.25, -0.2) is 0 Å². The zero-order chi connectivity index (χ0) is 8.27. The third-order valence-corrected chi connectivity index (χ3v) is 1.50. The Morgan fingerprint density at radius 3 is 2.64 bits per heavy atom. The number of phenolic OH excluding ortho intramolecular Hbond substituents is 1. The summed E-state index contributed by atoms with van der Waals surface area (Å²) in [5.74, 6) is 0.0796. The number of aliphatic hydroxyl groups excluding tert-OH is 1. The van der Waals surface area contributed by atoms with Crippen molar-refractivity contribution in [3.05, 3.63) is 23.8 Å². The second kappa shape index (κ2) is 3.25. The molecule has 3 heteroatoms. The smallest absolute Gasteiger partial charge is 0.138 e. The Labute approximate surface area is 65.1 Å². The summed E-state index contributed by atoms with van der Waals surface area (Å²) < 4.78 is 0. The van der Waals surface area contributed by atoms with Crippen LogP contribution in [0.15, 0.2) is 18.2 Å². The molecule has 0 heterocycles. The molecule has 0 radical (unpaired) electrons. The molecule has 0 amide bonds. The van der Waals surface area contributed by atoms with Crippen LogP contribution in [0.3, 0.4) is 0 Å². The van der Waals surface area contributed by atoms with Crippen LogP contribution in [0.5, 0.6) is 5.75 Å². The van der Waals surface area contributed by atoms with Crippen LogP contribution in [-0.2, 0) is 6.42 Å². The van der Waals surface area contributed by atoms with Crippen molar-refractivity contribution in [2.45, 2.75) is 6.42 Å². The van der Waals surface area contributed by atoms with Gasteiger partial charge in [-0.15, -0.1) is 0 Å². The fourth-order valence-electron chi connectivity index (χ4n) is 0.874. The fourth-order valence-corrected chi connectivity index (χ4v) is 0.874. The van der Waals surface area contributed by atoms with E-state index in [2.05, 4.69) is 0 Å². The summed E-state index contributed by atoms with van der Waals surface area (Å²) >= 11 is 0. The van der Waals surface area contributed by atoms with Crippen molar-refractivity contribution in [2.24, 2.45) is 0 Å². The van der Waals surface area contributed by atoms with Crippen LogP contribution in [0.2, 0.25) is 0 Å². The van der Waals surface area contributed by atoms with Gasteiger partial charge in [0.1, 0.15) is 5.75 Å². The molecule has 1 aromatic carbocycles. The summed E-state index contributed by atoms with van der Waals surface area (Å²) in [6.07, 6.45) is 0.549. The third-order valence-electron chi connectivity index (χ3n) is 1.50. The van der Waals surface area contributed by atoms with E-state index in [0.29, 0.717) is 12.1 Å². The summed E-state index contributed by atoms with van der Waals surface area (Å²) in [5, 5.41) is 17.7. The number of phenols is 1. The van der Waals surface area contributed by atoms with Gasteiger partial charge in [0.05, 0.1) is 5.69 Å². The lowest BCUT2D eigenvalue weighted by molar-refractivity contribution is 0.299. The van der Waals surface area contributed by atoms with E-state index in [1.165, 1.54) is 0 Å². The first-order valence-electron chi connectivity index (χ1n) is 3.42. The molecule has 0 saturated carbocycles. The Morgan fingerprint density at radius 1 is 1.36 bits per heavy atom. The molecule has 1 rings (SSSR count). The number of nitrogens with two attached hydrogens (primary N) is 1. The molecule has 0 saturated heterocycles. The predicted molar refractivity (Wildman–Crippen MR) is 43.3 cm³/mol. The van der Waals surface area contributed by atoms with Gasteiger partial charge in [0.25, 0.3) is 0 Å². The third kappa shape index (κ3) is 1.85. The predicted octanol–water partition coefficient (Wildman–Crippen LogP) is 0.509. The minimum atomic E-state index is 0.0796. The lowest BCUT2D eigenvalue weighted by Crippen LogP contribution is -1.92. The van der Waals surface area contributed by atoms with Crippen LogP contribution in [-0.4, -0.2) is 16.8 Å². The van der Waals surface area contributed by atoms with E-state index in [4.69, 9.17) is 15.9 Å². The molecule has 3 nitrogen and oxygen atoms in total. The van der Waals surface area contributed by atoms with Gasteiger partial charge < -0.3 is 15.9 Å². The summed E-state index contributed by atoms with van der Waals surface area (Å²) in [6, 6.07) is 4.97. The zero-order valence-corrected chi connectivity index (χ0v) is 6.12. The van der Waals surface area contributed by atoms with Crippen molar-refractivity contribution in [3.8, 4) is 5.75 Å². The number of rotatable bonds is 2. The highest BCUT2D eigenvalue weighted by Gasteiger charge is 1.97. The maximum absolute atomic E-state index is 9.12. The van der Waals surface area contributed by atoms with Crippen LogP contribution in [0, 0.1) is 0 Å². The molecule has 0 aliphatic carbocycles. The van der Waals surface area contributed by atoms with Gasteiger partial charge in [0.15, 0.2) is 0 Å². The highest BCUT2D eigenvalue weighted by atomic mass is 16.3. The summed E-state index contributed by atoms with van der Waals surface area (Å²) in [7, 11) is 0. The number of aromatic hydroxyl groups is 1. The molecule has 0 unspecified atom stereocenters. The van der Waals surface area contributed by atoms with Gasteiger partial charge in [-0.1, -0.05) is 6.07 Å². The maximum Gasteiger partial charge on any atom is 0.138 e. The largest absolute Gasteiger partial charge is 0.506 e. The average Bonchev–Trinajstić information content (AvgIpc) is 1.98. The van der Waals surface area contributed by atoms with E-state index in [9.17, 15) is 0 Å². The second-order valence-electron chi connectivity index (χ2n) is 2.37. The maximum atomic E-state index is 9.12. The molecule has 0 aliphatic rings. The molecule has 0 aliphatic heterocycles. The van der Waals surface area contributed by atoms with Crippen LogP contribution in [0.4, 0.5) is 5.69 Å². The highest BCUT2D eigenvalue weighted by molar-refractivity contribution is 5.52. The molecule has 0 bridgehead atoms. The topological polar surface area (TPSA) is 66.5 Å². The Morgan fingerprint density at radius 2 is 2.09 bits per heavy atom. The van der Waals surface area contributed by atoms with Gasteiger partial charge in [-0.2, -0.15) is 0 Å². The van der Waals surface area contributed by atoms with Crippen molar-refractivity contribution in [1.29, 1.82) is 0 Å². The number of benzene rings is 1. The standard InChI is InChI=1S/C8H11NO2/c9-7-2-1-6(3-4-10)5-8(7)11/h1-2,5,10-11H,3-4,9H2. The van der Waals surface area contributed by atoms with E-state index in [1.54, 1.807) is 18.2 Å². The molecule has 0 spiro atoms. The van der Waals surface area contributed by atoms with Crippen molar-refractivity contribution in [1.82, 2.24) is 0 Å². The Hall–Kier alpha value is -1.22. The fraction of sp³-hybridized carbons (Fsp3) is 0.250. The number of hydrogen-bond donors (Lipinski definition) is 3. The minimum absolute atomic E-state index is 0.0796. The van der Waals surface area contributed by atoms with Crippen LogP contribution in [0.1, 0.15) is 5.56 Å². The van der Waals surface area contributed by atoms with E-state index in [-0.39, 0.29) is 12.4 Å². The van der Waals surface area contributed by atoms with E-state index >= 15 is 0 Å². The number of aliphatic hydroxyl groups is 1. The summed E-state index contributed by atoms with van der Waals surface area (Å²) in [5.41, 5.74) is 6.63. The summed E-state index contributed by atoms with van der Waals surface area (Å²) in [4.78, 5) is 0. The van der Waals surface area contributed by atoms with Crippen LogP contribution >= 0.6 is 0 Å². The number of anilines is 1. The Kier molecular flexibility index (Phi) is 2.33. The van der Waals surface area contributed by atoms with Crippen molar-refractivity contribution < 1.29 is 10.2 Å². The molecule has 0 aromatic heterocycles. The van der Waals surface area contributed by atoms with Crippen molar-refractivity contribution >= 4 is 5.69 Å². The first-order chi connectivity index (χ1) is 5.24. The van der Waals surface area contributed by atoms with Gasteiger partial charge in [-0.05, 0) is 24.1 Å². The first-order valence-corrected chi connectivity index (χ1v) is 3.42. The first kappa shape index (κ1) is 7.88. The van der Waals surface area contributed by atoms with Crippen LogP contribution < -0.4 is 5.73 Å². The molecule has 11 heavy (non-hydrogen) atoms. The monoisotopic (exact) mass is 153 g/mol. The van der Waals surface area contributed by atoms with Gasteiger partial charge >= 0.3 is 0 Å². The zero-order valence-electron chi connectivity index (χ0n) is 6.12. The average molecular weight is 153 g/mol. The quantitative estimate of drug-likeness (QED) is 0.428. The van der Waals surface area contributed by atoms with Gasteiger partial charge in [-0.3, -0.25) is 0 Å². The molecule has 0 atom stereocenters. The number of hydrogen-bond acceptors (Lipinski definition) is 3. The van der Waals surface area contributed by atoms with E-state index in [1.807, 2.05) is 0 Å². The lowest BCUT2D eigenvalue weighted by atomic mass is 10.1. The van der Waals surface area contributed by atoms with Crippen molar-refractivity contribution in [3.63, 3.8) is 0 Å². The Bertz CT molecular complexity index is 248. The normalized spacial score (nSPS) is 9.91. The van der Waals surface area contributed by atoms with E-state index < -0.39 is 0 Å². The van der Waals surface area contributed by atoms with Gasteiger partial charge in [0, 0.05) is 6.61 Å². The SMILES string of the molecule is Nc1ccc(CCO)cc1O. The number of nitrogen functional groups attached to an aromatic ring is 1. The minimum Gasteiger partial charge on any atom is -0.506 e. The second-order valence-corrected chi connectivity index (χ2v) is 2.37. The molecule has 1 aromatic rings. The van der Waals surface area contributed by atoms with E-state index in [0.717, 1.165) is 5.56 Å². The molecule has 4 N–H and O–H groups in total. The van der Waals surface area contributed by atoms with Gasteiger partial charge in [0.2, 0.25) is 0 Å².